The zero-order valence-electron chi connectivity index (χ0n) is 16.3. The van der Waals surface area contributed by atoms with Gasteiger partial charge in [-0.1, -0.05) is 39.2 Å². The average Bonchev–Trinajstić information content (AvgIpc) is 3.11. The van der Waals surface area contributed by atoms with E-state index in [1.54, 1.807) is 6.08 Å². The second-order valence-corrected chi connectivity index (χ2v) is 10.7. The van der Waals surface area contributed by atoms with E-state index < -0.39 is 51.1 Å². The maximum Gasteiger partial charge on any atom is 0.254 e. The van der Waals surface area contributed by atoms with E-state index in [0.29, 0.717) is 5.57 Å². The lowest BCUT2D eigenvalue weighted by atomic mass is 9.56. The smallest absolute Gasteiger partial charge is 0.254 e. The van der Waals surface area contributed by atoms with Gasteiger partial charge in [0.05, 0.1) is 17.3 Å². The number of likely N-dealkylation sites (tertiary alicyclic amines) is 1. The summed E-state index contributed by atoms with van der Waals surface area (Å²) in [5.41, 5.74) is 0.711. The van der Waals surface area contributed by atoms with Crippen molar-refractivity contribution in [3.8, 4) is 5.75 Å². The molecular formula is C21H16BrCl3N2O5. The van der Waals surface area contributed by atoms with Crippen LogP contribution < -0.4 is 5.32 Å². The van der Waals surface area contributed by atoms with Gasteiger partial charge in [-0.15, -0.1) is 23.2 Å². The van der Waals surface area contributed by atoms with E-state index >= 15 is 0 Å². The predicted molar refractivity (Wildman–Crippen MR) is 120 cm³/mol. The van der Waals surface area contributed by atoms with Crippen molar-refractivity contribution in [3.05, 3.63) is 40.4 Å². The van der Waals surface area contributed by atoms with Gasteiger partial charge in [-0.2, -0.15) is 0 Å². The molecule has 0 bridgehead atoms. The maximum atomic E-state index is 13.5. The minimum absolute atomic E-state index is 0.0995. The van der Waals surface area contributed by atoms with Gasteiger partial charge in [-0.05, 0) is 37.0 Å². The van der Waals surface area contributed by atoms with Crippen molar-refractivity contribution in [1.29, 1.82) is 0 Å². The van der Waals surface area contributed by atoms with E-state index in [4.69, 9.17) is 34.8 Å². The quantitative estimate of drug-likeness (QED) is 0.250. The SMILES string of the molecule is O=C1NC(=O)[C@H]2CC=C3[C@@H](C[C@@]4(Cl)C(=O)N(CBr)C(=O)[C@@]4(Cl)[C@H]3c3cc(Cl)ccc3O)[C@@H]12. The highest BCUT2D eigenvalue weighted by molar-refractivity contribution is 9.09. The summed E-state index contributed by atoms with van der Waals surface area (Å²) in [6.45, 7) is 0. The van der Waals surface area contributed by atoms with Gasteiger partial charge in [0.15, 0.2) is 9.75 Å². The molecule has 2 aliphatic carbocycles. The monoisotopic (exact) mass is 560 g/mol. The Morgan fingerprint density at radius 3 is 2.53 bits per heavy atom. The van der Waals surface area contributed by atoms with Gasteiger partial charge in [0.1, 0.15) is 5.75 Å². The van der Waals surface area contributed by atoms with E-state index in [-0.39, 0.29) is 40.5 Å². The fourth-order valence-electron chi connectivity index (χ4n) is 5.77. The number of carbonyl (C=O) groups excluding carboxylic acids is 4. The number of phenols is 1. The Bertz CT molecular complexity index is 1140. The number of aromatic hydroxyl groups is 1. The van der Waals surface area contributed by atoms with Gasteiger partial charge >= 0.3 is 0 Å². The zero-order chi connectivity index (χ0) is 23.2. The molecule has 1 aromatic rings. The van der Waals surface area contributed by atoms with Gasteiger partial charge in [0.25, 0.3) is 11.8 Å². The Labute approximate surface area is 206 Å². The lowest BCUT2D eigenvalue weighted by Crippen LogP contribution is -2.60. The minimum atomic E-state index is -1.96. The van der Waals surface area contributed by atoms with E-state index in [1.807, 2.05) is 0 Å². The number of rotatable bonds is 2. The maximum absolute atomic E-state index is 13.5. The summed E-state index contributed by atoms with van der Waals surface area (Å²) >= 11 is 23.4. The molecular weight excluding hydrogens is 547 g/mol. The molecule has 2 aliphatic heterocycles. The van der Waals surface area contributed by atoms with Gasteiger partial charge in [0.2, 0.25) is 11.8 Å². The summed E-state index contributed by atoms with van der Waals surface area (Å²) in [5, 5.41) is 13.4. The molecule has 11 heteroatoms. The first-order valence-corrected chi connectivity index (χ1v) is 12.1. The van der Waals surface area contributed by atoms with Crippen LogP contribution in [-0.4, -0.2) is 48.8 Å². The summed E-state index contributed by atoms with van der Waals surface area (Å²) in [6, 6.07) is 4.34. The number of fused-ring (bicyclic) bond motifs is 4. The molecule has 2 N–H and O–H groups in total. The molecule has 0 unspecified atom stereocenters. The highest BCUT2D eigenvalue weighted by Gasteiger charge is 2.76. The third kappa shape index (κ3) is 2.61. The third-order valence-electron chi connectivity index (χ3n) is 7.16. The average molecular weight is 563 g/mol. The van der Waals surface area contributed by atoms with Crippen LogP contribution in [0.1, 0.15) is 24.3 Å². The number of halogens is 4. The topological polar surface area (TPSA) is 104 Å². The van der Waals surface area contributed by atoms with Crippen LogP contribution in [0.25, 0.3) is 0 Å². The second-order valence-electron chi connectivity index (χ2n) is 8.54. The molecule has 1 aromatic carbocycles. The number of alkyl halides is 3. The molecule has 2 saturated heterocycles. The number of nitrogens with zero attached hydrogens (tertiary/aromatic N) is 1. The van der Waals surface area contributed by atoms with Crippen LogP contribution in [0.2, 0.25) is 5.02 Å². The number of carbonyl (C=O) groups is 4. The first-order chi connectivity index (χ1) is 15.1. The van der Waals surface area contributed by atoms with Crippen LogP contribution in [0.4, 0.5) is 0 Å². The fraction of sp³-hybridized carbons (Fsp3) is 0.429. The van der Waals surface area contributed by atoms with Crippen LogP contribution in [0.5, 0.6) is 5.75 Å². The normalized spacial score (nSPS) is 38.2. The number of benzene rings is 1. The van der Waals surface area contributed by atoms with Crippen molar-refractivity contribution in [2.75, 3.05) is 5.45 Å². The molecule has 3 fully saturated rings. The minimum Gasteiger partial charge on any atom is -0.508 e. The van der Waals surface area contributed by atoms with Crippen molar-refractivity contribution in [2.24, 2.45) is 17.8 Å². The van der Waals surface area contributed by atoms with E-state index in [9.17, 15) is 24.3 Å². The van der Waals surface area contributed by atoms with Crippen LogP contribution in [0.3, 0.4) is 0 Å². The number of hydrogen-bond acceptors (Lipinski definition) is 5. The fourth-order valence-corrected chi connectivity index (χ4v) is 7.36. The van der Waals surface area contributed by atoms with Crippen molar-refractivity contribution in [2.45, 2.75) is 28.5 Å². The van der Waals surface area contributed by atoms with Gasteiger partial charge in [-0.3, -0.25) is 29.4 Å². The number of imide groups is 2. The van der Waals surface area contributed by atoms with Crippen molar-refractivity contribution in [3.63, 3.8) is 0 Å². The van der Waals surface area contributed by atoms with E-state index in [2.05, 4.69) is 21.2 Å². The van der Waals surface area contributed by atoms with Crippen LogP contribution >= 0.6 is 50.7 Å². The Hall–Kier alpha value is -1.61. The third-order valence-corrected chi connectivity index (χ3v) is 9.31. The lowest BCUT2D eigenvalue weighted by molar-refractivity contribution is -0.138. The molecule has 7 nitrogen and oxygen atoms in total. The van der Waals surface area contributed by atoms with Crippen LogP contribution in [-0.2, 0) is 19.2 Å². The number of phenolic OH excluding ortho intramolecular Hbond substituents is 1. The molecule has 0 radical (unpaired) electrons. The molecule has 4 amide bonds. The van der Waals surface area contributed by atoms with E-state index in [0.717, 1.165) is 4.90 Å². The lowest BCUT2D eigenvalue weighted by Gasteiger charge is -2.50. The number of hydrogen-bond donors (Lipinski definition) is 2. The molecule has 168 valence electrons. The van der Waals surface area contributed by atoms with Crippen molar-refractivity contribution in [1.82, 2.24) is 10.2 Å². The molecule has 0 spiro atoms. The Morgan fingerprint density at radius 2 is 1.84 bits per heavy atom. The molecule has 2 heterocycles. The Balaban J connectivity index is 1.79. The first-order valence-electron chi connectivity index (χ1n) is 9.89. The first kappa shape index (κ1) is 22.2. The summed E-state index contributed by atoms with van der Waals surface area (Å²) < 4.78 is 0. The zero-order valence-corrected chi connectivity index (χ0v) is 20.1. The summed E-state index contributed by atoms with van der Waals surface area (Å²) in [5.74, 6) is -5.38. The molecule has 0 aromatic heterocycles. The predicted octanol–water partition coefficient (Wildman–Crippen LogP) is 3.04. The standard InChI is InChI=1S/C21H16BrCl3N2O5/c22-7-27-18(31)20(24)6-12-9(2-3-10-14(12)17(30)26-16(10)29)15(21(20,25)19(27)32)11-5-8(23)1-4-13(11)28/h1-2,4-5,10,12,14-15,28H,3,6-7H2,(H,26,29,30)/t10-,12+,14-,15+,20+,21-/m0/s1. The Kier molecular flexibility index (Phi) is 4.99. The molecule has 32 heavy (non-hydrogen) atoms. The van der Waals surface area contributed by atoms with Gasteiger partial charge in [0, 0.05) is 16.5 Å². The van der Waals surface area contributed by atoms with E-state index in [1.165, 1.54) is 18.2 Å². The molecule has 5 rings (SSSR count). The summed E-state index contributed by atoms with van der Waals surface area (Å²) in [6.07, 6.45) is 1.94. The summed E-state index contributed by atoms with van der Waals surface area (Å²) in [7, 11) is 0. The van der Waals surface area contributed by atoms with Gasteiger partial charge < -0.3 is 5.11 Å². The highest BCUT2D eigenvalue weighted by Crippen LogP contribution is 2.65. The van der Waals surface area contributed by atoms with Crippen molar-refractivity contribution >= 4 is 74.4 Å². The second kappa shape index (κ2) is 7.19. The largest absolute Gasteiger partial charge is 0.508 e. The molecule has 4 aliphatic rings. The molecule has 6 atom stereocenters. The Morgan fingerprint density at radius 1 is 1.12 bits per heavy atom. The van der Waals surface area contributed by atoms with Crippen molar-refractivity contribution < 1.29 is 24.3 Å². The van der Waals surface area contributed by atoms with Gasteiger partial charge in [-0.25, -0.2) is 0 Å². The number of amides is 4. The highest BCUT2D eigenvalue weighted by atomic mass is 79.9. The molecule has 1 saturated carbocycles. The van der Waals surface area contributed by atoms with Crippen LogP contribution in [0, 0.1) is 17.8 Å². The number of allylic oxidation sites excluding steroid dienone is 2. The van der Waals surface area contributed by atoms with Crippen LogP contribution in [0.15, 0.2) is 29.8 Å². The summed E-state index contributed by atoms with van der Waals surface area (Å²) in [4.78, 5) is 48.9. The number of nitrogens with one attached hydrogen (secondary N) is 1.